The Hall–Kier alpha value is -0.940. The number of ether oxygens (including phenoxy) is 1. The largest absolute Gasteiger partial charge is 0.462 e. The minimum Gasteiger partial charge on any atom is -0.462 e. The summed E-state index contributed by atoms with van der Waals surface area (Å²) in [4.78, 5) is 12.0. The van der Waals surface area contributed by atoms with Gasteiger partial charge in [0.15, 0.2) is 0 Å². The standard InChI is InChI=1S/C11H8BrFO2S/c1-2-15-11(14)10-9(12)8-6(13)4-3-5-7(8)16-10/h3-5H,2H2,1H3. The lowest BCUT2D eigenvalue weighted by Crippen LogP contribution is -2.02. The van der Waals surface area contributed by atoms with Gasteiger partial charge in [0.1, 0.15) is 10.7 Å². The molecule has 0 aliphatic heterocycles. The summed E-state index contributed by atoms with van der Waals surface area (Å²) in [5.41, 5.74) is 0. The first-order valence-electron chi connectivity index (χ1n) is 4.68. The molecule has 0 amide bonds. The highest BCUT2D eigenvalue weighted by atomic mass is 79.9. The Morgan fingerprint density at radius 1 is 1.56 bits per heavy atom. The van der Waals surface area contributed by atoms with Crippen molar-refractivity contribution in [3.63, 3.8) is 0 Å². The van der Waals surface area contributed by atoms with Crippen LogP contribution in [0.4, 0.5) is 4.39 Å². The van der Waals surface area contributed by atoms with Crippen LogP contribution in [0.3, 0.4) is 0 Å². The van der Waals surface area contributed by atoms with Gasteiger partial charge in [-0.05, 0) is 35.0 Å². The first kappa shape index (κ1) is 11.5. The van der Waals surface area contributed by atoms with Crippen molar-refractivity contribution in [3.05, 3.63) is 33.4 Å². The molecule has 0 bridgehead atoms. The molecule has 84 valence electrons. The number of benzene rings is 1. The molecular formula is C11H8BrFO2S. The summed E-state index contributed by atoms with van der Waals surface area (Å²) in [5, 5.41) is 0.440. The lowest BCUT2D eigenvalue weighted by Gasteiger charge is -1.98. The van der Waals surface area contributed by atoms with E-state index in [1.807, 2.05) is 0 Å². The van der Waals surface area contributed by atoms with Gasteiger partial charge in [-0.1, -0.05) is 6.07 Å². The summed E-state index contributed by atoms with van der Waals surface area (Å²) >= 11 is 4.47. The van der Waals surface area contributed by atoms with E-state index in [1.54, 1.807) is 19.1 Å². The molecular weight excluding hydrogens is 295 g/mol. The third-order valence-corrected chi connectivity index (χ3v) is 4.26. The van der Waals surface area contributed by atoms with E-state index in [-0.39, 0.29) is 5.82 Å². The van der Waals surface area contributed by atoms with E-state index in [0.717, 1.165) is 4.70 Å². The fourth-order valence-corrected chi connectivity index (χ4v) is 3.34. The topological polar surface area (TPSA) is 26.3 Å². The zero-order chi connectivity index (χ0) is 11.7. The molecule has 1 aromatic heterocycles. The zero-order valence-electron chi connectivity index (χ0n) is 8.42. The highest BCUT2D eigenvalue weighted by Gasteiger charge is 2.19. The van der Waals surface area contributed by atoms with E-state index in [9.17, 15) is 9.18 Å². The molecule has 0 aliphatic carbocycles. The van der Waals surface area contributed by atoms with Crippen molar-refractivity contribution in [2.24, 2.45) is 0 Å². The smallest absolute Gasteiger partial charge is 0.349 e. The number of hydrogen-bond donors (Lipinski definition) is 0. The van der Waals surface area contributed by atoms with E-state index in [1.165, 1.54) is 17.4 Å². The maximum atomic E-state index is 13.5. The predicted molar refractivity (Wildman–Crippen MR) is 65.4 cm³/mol. The molecule has 1 aromatic carbocycles. The van der Waals surface area contributed by atoms with Crippen LogP contribution < -0.4 is 0 Å². The summed E-state index contributed by atoms with van der Waals surface area (Å²) < 4.78 is 19.6. The number of fused-ring (bicyclic) bond motifs is 1. The molecule has 2 aromatic rings. The molecule has 0 saturated carbocycles. The second kappa shape index (κ2) is 4.51. The molecule has 16 heavy (non-hydrogen) atoms. The van der Waals surface area contributed by atoms with Crippen LogP contribution in [0.5, 0.6) is 0 Å². The van der Waals surface area contributed by atoms with Crippen LogP contribution in [0.15, 0.2) is 22.7 Å². The first-order chi connectivity index (χ1) is 7.65. The van der Waals surface area contributed by atoms with Crippen molar-refractivity contribution < 1.29 is 13.9 Å². The van der Waals surface area contributed by atoms with Gasteiger partial charge in [0.05, 0.1) is 11.1 Å². The molecule has 0 saturated heterocycles. The van der Waals surface area contributed by atoms with Gasteiger partial charge < -0.3 is 4.74 Å². The number of rotatable bonds is 2. The van der Waals surface area contributed by atoms with Gasteiger partial charge in [-0.15, -0.1) is 11.3 Å². The molecule has 0 N–H and O–H groups in total. The zero-order valence-corrected chi connectivity index (χ0v) is 10.8. The Morgan fingerprint density at radius 3 is 2.94 bits per heavy atom. The van der Waals surface area contributed by atoms with Crippen LogP contribution in [0.2, 0.25) is 0 Å². The van der Waals surface area contributed by atoms with Crippen molar-refractivity contribution in [3.8, 4) is 0 Å². The molecule has 0 spiro atoms. The van der Waals surface area contributed by atoms with Crippen LogP contribution in [0.25, 0.3) is 10.1 Å². The molecule has 0 radical (unpaired) electrons. The molecule has 2 nitrogen and oxygen atoms in total. The van der Waals surface area contributed by atoms with Crippen molar-refractivity contribution in [2.75, 3.05) is 6.61 Å². The highest BCUT2D eigenvalue weighted by molar-refractivity contribution is 9.10. The summed E-state index contributed by atoms with van der Waals surface area (Å²) in [7, 11) is 0. The summed E-state index contributed by atoms with van der Waals surface area (Å²) in [6.45, 7) is 2.04. The quantitative estimate of drug-likeness (QED) is 0.784. The van der Waals surface area contributed by atoms with Crippen LogP contribution in [-0.2, 0) is 4.74 Å². The number of carbonyl (C=O) groups excluding carboxylic acids is 1. The monoisotopic (exact) mass is 302 g/mol. The second-order valence-electron chi connectivity index (χ2n) is 3.08. The number of halogens is 2. The number of carbonyl (C=O) groups is 1. The van der Waals surface area contributed by atoms with Crippen molar-refractivity contribution in [2.45, 2.75) is 6.92 Å². The maximum absolute atomic E-state index is 13.5. The summed E-state index contributed by atoms with van der Waals surface area (Å²) in [6, 6.07) is 4.76. The van der Waals surface area contributed by atoms with Crippen LogP contribution in [-0.4, -0.2) is 12.6 Å². The number of esters is 1. The van der Waals surface area contributed by atoms with Crippen LogP contribution in [0, 0.1) is 5.82 Å². The summed E-state index contributed by atoms with van der Waals surface area (Å²) in [6.07, 6.45) is 0. The minimum absolute atomic E-state index is 0.308. The van der Waals surface area contributed by atoms with Crippen LogP contribution >= 0.6 is 27.3 Å². The normalized spacial score (nSPS) is 10.7. The number of thiophene rings is 1. The van der Waals surface area contributed by atoms with Gasteiger partial charge >= 0.3 is 5.97 Å². The number of hydrogen-bond acceptors (Lipinski definition) is 3. The predicted octanol–water partition coefficient (Wildman–Crippen LogP) is 3.98. The maximum Gasteiger partial charge on any atom is 0.349 e. The highest BCUT2D eigenvalue weighted by Crippen LogP contribution is 2.37. The Morgan fingerprint density at radius 2 is 2.31 bits per heavy atom. The average Bonchev–Trinajstić information content (AvgIpc) is 2.58. The Kier molecular flexibility index (Phi) is 3.25. The Labute approximate surface area is 104 Å². The lowest BCUT2D eigenvalue weighted by atomic mass is 10.2. The van der Waals surface area contributed by atoms with E-state index < -0.39 is 5.97 Å². The van der Waals surface area contributed by atoms with Gasteiger partial charge in [-0.2, -0.15) is 0 Å². The summed E-state index contributed by atoms with van der Waals surface area (Å²) in [5.74, 6) is -0.758. The van der Waals surface area contributed by atoms with Gasteiger partial charge in [0, 0.05) is 10.1 Å². The van der Waals surface area contributed by atoms with Crippen LogP contribution in [0.1, 0.15) is 16.6 Å². The average molecular weight is 303 g/mol. The molecule has 2 rings (SSSR count). The van der Waals surface area contributed by atoms with Gasteiger partial charge in [-0.25, -0.2) is 9.18 Å². The molecule has 0 aliphatic rings. The second-order valence-corrected chi connectivity index (χ2v) is 4.92. The van der Waals surface area contributed by atoms with E-state index in [2.05, 4.69) is 15.9 Å². The fraction of sp³-hybridized carbons (Fsp3) is 0.182. The van der Waals surface area contributed by atoms with Crippen molar-refractivity contribution in [1.29, 1.82) is 0 Å². The van der Waals surface area contributed by atoms with Gasteiger partial charge in [0.2, 0.25) is 0 Å². The Bertz CT molecular complexity index is 550. The molecule has 1 heterocycles. The molecule has 5 heteroatoms. The van der Waals surface area contributed by atoms with Gasteiger partial charge in [0.25, 0.3) is 0 Å². The molecule has 0 unspecified atom stereocenters. The first-order valence-corrected chi connectivity index (χ1v) is 6.29. The van der Waals surface area contributed by atoms with Crippen molar-refractivity contribution >= 4 is 43.3 Å². The molecule has 0 fully saturated rings. The third kappa shape index (κ3) is 1.85. The van der Waals surface area contributed by atoms with E-state index >= 15 is 0 Å². The van der Waals surface area contributed by atoms with E-state index in [0.29, 0.717) is 21.3 Å². The van der Waals surface area contributed by atoms with Crippen molar-refractivity contribution in [1.82, 2.24) is 0 Å². The third-order valence-electron chi connectivity index (χ3n) is 2.07. The molecule has 0 atom stereocenters. The fourth-order valence-electron chi connectivity index (χ4n) is 1.40. The minimum atomic E-state index is -0.421. The van der Waals surface area contributed by atoms with Gasteiger partial charge in [-0.3, -0.25) is 0 Å². The van der Waals surface area contributed by atoms with E-state index in [4.69, 9.17) is 4.74 Å². The Balaban J connectivity index is 2.61. The lowest BCUT2D eigenvalue weighted by molar-refractivity contribution is 0.0531. The SMILES string of the molecule is CCOC(=O)c1sc2cccc(F)c2c1Br.